The minimum atomic E-state index is -0.0877. The van der Waals surface area contributed by atoms with Crippen LogP contribution in [-0.2, 0) is 4.43 Å². The number of rotatable bonds is 7. The molecule has 9 heteroatoms. The maximum atomic E-state index is 12.7. The summed E-state index contributed by atoms with van der Waals surface area (Å²) < 4.78 is 0.875. The zero-order chi connectivity index (χ0) is 21.1. The van der Waals surface area contributed by atoms with E-state index in [1.54, 1.807) is 0 Å². The molecule has 3 heterocycles. The van der Waals surface area contributed by atoms with Crippen molar-refractivity contribution in [2.75, 3.05) is 31.9 Å². The maximum Gasteiger partial charge on any atom is 0.261 e. The Balaban J connectivity index is 1.53. The van der Waals surface area contributed by atoms with Crippen LogP contribution in [0.3, 0.4) is 0 Å². The number of anilines is 1. The molecular weight excluding hydrogens is 533 g/mol. The molecule has 1 aromatic carbocycles. The number of fused-ring (bicyclic) bond motifs is 1. The lowest BCUT2D eigenvalue weighted by atomic mass is 10.1. The summed E-state index contributed by atoms with van der Waals surface area (Å²) in [5.74, 6) is 0.0845. The number of carbonyl (C=O) groups excluding carboxylic acids is 1. The standard InChI is InChI=1S/C21H23ClIN5OS/c22-16-10-13(12-23)4-5-14(16)18-15-11-17(30-20(15)27-21(24)26-18)19(29)25-6-3-9-28-7-1-2-8-28/h4-5,10-11H,1-3,6-9,12H2,(H,25,29)(H2,24,26,27). The van der Waals surface area contributed by atoms with Crippen LogP contribution in [0.2, 0.25) is 5.02 Å². The number of hydrogen-bond acceptors (Lipinski definition) is 6. The van der Waals surface area contributed by atoms with Gasteiger partial charge in [-0.25, -0.2) is 9.97 Å². The Kier molecular flexibility index (Phi) is 7.07. The van der Waals surface area contributed by atoms with E-state index in [0.29, 0.717) is 27.0 Å². The summed E-state index contributed by atoms with van der Waals surface area (Å²) in [6.45, 7) is 4.04. The van der Waals surface area contributed by atoms with Crippen LogP contribution >= 0.6 is 45.5 Å². The Morgan fingerprint density at radius 3 is 2.80 bits per heavy atom. The van der Waals surface area contributed by atoms with Crippen LogP contribution in [-0.4, -0.2) is 47.0 Å². The first-order valence-corrected chi connectivity index (χ1v) is 12.7. The number of nitrogens with two attached hydrogens (primary N) is 1. The largest absolute Gasteiger partial charge is 0.368 e. The van der Waals surface area contributed by atoms with Crippen LogP contribution in [0, 0.1) is 0 Å². The molecule has 30 heavy (non-hydrogen) atoms. The minimum absolute atomic E-state index is 0.0877. The molecule has 1 aliphatic heterocycles. The number of thiophene rings is 1. The van der Waals surface area contributed by atoms with Crippen LogP contribution in [0.15, 0.2) is 24.3 Å². The zero-order valence-electron chi connectivity index (χ0n) is 16.5. The van der Waals surface area contributed by atoms with E-state index in [0.717, 1.165) is 33.9 Å². The van der Waals surface area contributed by atoms with Gasteiger partial charge in [0, 0.05) is 21.9 Å². The highest BCUT2D eigenvalue weighted by Gasteiger charge is 2.18. The van der Waals surface area contributed by atoms with Gasteiger partial charge in [0.05, 0.1) is 15.6 Å². The predicted molar refractivity (Wildman–Crippen MR) is 133 cm³/mol. The number of aromatic nitrogens is 2. The van der Waals surface area contributed by atoms with Gasteiger partial charge in [0.15, 0.2) is 0 Å². The normalized spacial score (nSPS) is 14.5. The van der Waals surface area contributed by atoms with Crippen LogP contribution in [0.25, 0.3) is 21.5 Å². The predicted octanol–water partition coefficient (Wildman–Crippen LogP) is 4.74. The van der Waals surface area contributed by atoms with Crippen molar-refractivity contribution in [3.05, 3.63) is 39.7 Å². The Labute approximate surface area is 198 Å². The molecule has 0 unspecified atom stereocenters. The summed E-state index contributed by atoms with van der Waals surface area (Å²) in [6, 6.07) is 7.76. The molecule has 0 aliphatic carbocycles. The summed E-state index contributed by atoms with van der Waals surface area (Å²) in [5.41, 5.74) is 8.54. The maximum absolute atomic E-state index is 12.7. The SMILES string of the molecule is Nc1nc(-c2ccc(CI)cc2Cl)c2cc(C(=O)NCCCN3CCCC3)sc2n1. The van der Waals surface area contributed by atoms with Crippen molar-refractivity contribution >= 4 is 67.6 Å². The Bertz CT molecular complexity index is 1070. The van der Waals surface area contributed by atoms with Gasteiger partial charge in [0.25, 0.3) is 5.91 Å². The van der Waals surface area contributed by atoms with E-state index < -0.39 is 0 Å². The van der Waals surface area contributed by atoms with Crippen molar-refractivity contribution in [2.24, 2.45) is 0 Å². The van der Waals surface area contributed by atoms with E-state index >= 15 is 0 Å². The third-order valence-electron chi connectivity index (χ3n) is 5.21. The number of carbonyl (C=O) groups is 1. The summed E-state index contributed by atoms with van der Waals surface area (Å²) in [7, 11) is 0. The first kappa shape index (κ1) is 21.7. The molecular formula is C21H23ClIN5OS. The van der Waals surface area contributed by atoms with Crippen molar-refractivity contribution in [3.63, 3.8) is 0 Å². The molecule has 0 radical (unpaired) electrons. The lowest BCUT2D eigenvalue weighted by Crippen LogP contribution is -2.28. The average Bonchev–Trinajstić information content (AvgIpc) is 3.40. The molecule has 158 valence electrons. The second kappa shape index (κ2) is 9.76. The molecule has 2 aromatic heterocycles. The van der Waals surface area contributed by atoms with Crippen molar-refractivity contribution in [1.29, 1.82) is 0 Å². The van der Waals surface area contributed by atoms with Crippen LogP contribution in [0.4, 0.5) is 5.95 Å². The molecule has 0 saturated carbocycles. The quantitative estimate of drug-likeness (QED) is 0.250. The second-order valence-corrected chi connectivity index (χ2v) is 9.57. The highest BCUT2D eigenvalue weighted by atomic mass is 127. The smallest absolute Gasteiger partial charge is 0.261 e. The van der Waals surface area contributed by atoms with Gasteiger partial charge >= 0.3 is 0 Å². The van der Waals surface area contributed by atoms with E-state index in [2.05, 4.69) is 42.8 Å². The molecule has 0 spiro atoms. The second-order valence-electron chi connectivity index (χ2n) is 7.37. The van der Waals surface area contributed by atoms with Crippen molar-refractivity contribution < 1.29 is 4.79 Å². The Morgan fingerprint density at radius 2 is 2.07 bits per heavy atom. The molecule has 0 bridgehead atoms. The third kappa shape index (κ3) is 4.87. The molecule has 1 aliphatic rings. The molecule has 3 N–H and O–H groups in total. The molecule has 3 aromatic rings. The highest BCUT2D eigenvalue weighted by Crippen LogP contribution is 2.36. The Morgan fingerprint density at radius 1 is 1.27 bits per heavy atom. The van der Waals surface area contributed by atoms with Gasteiger partial charge in [-0.15, -0.1) is 11.3 Å². The number of amides is 1. The van der Waals surface area contributed by atoms with Gasteiger partial charge in [0.1, 0.15) is 4.83 Å². The van der Waals surface area contributed by atoms with Gasteiger partial charge in [-0.05, 0) is 56.6 Å². The molecule has 4 rings (SSSR count). The van der Waals surface area contributed by atoms with Crippen molar-refractivity contribution in [1.82, 2.24) is 20.2 Å². The van der Waals surface area contributed by atoms with E-state index in [9.17, 15) is 4.79 Å². The molecule has 0 atom stereocenters. The number of benzene rings is 1. The zero-order valence-corrected chi connectivity index (χ0v) is 20.2. The lowest BCUT2D eigenvalue weighted by Gasteiger charge is -2.14. The number of halogens is 2. The van der Waals surface area contributed by atoms with Crippen LogP contribution in [0.5, 0.6) is 0 Å². The van der Waals surface area contributed by atoms with E-state index in [-0.39, 0.29) is 11.9 Å². The summed E-state index contributed by atoms with van der Waals surface area (Å²) in [4.78, 5) is 25.2. The van der Waals surface area contributed by atoms with Crippen molar-refractivity contribution in [3.8, 4) is 11.3 Å². The number of alkyl halides is 1. The lowest BCUT2D eigenvalue weighted by molar-refractivity contribution is 0.0956. The number of nitrogen functional groups attached to an aromatic ring is 1. The fourth-order valence-corrected chi connectivity index (χ4v) is 5.41. The summed E-state index contributed by atoms with van der Waals surface area (Å²) in [6.07, 6.45) is 3.52. The number of hydrogen-bond donors (Lipinski definition) is 2. The van der Waals surface area contributed by atoms with Gasteiger partial charge < -0.3 is 16.0 Å². The van der Waals surface area contributed by atoms with Gasteiger partial charge in [-0.2, -0.15) is 0 Å². The molecule has 1 fully saturated rings. The van der Waals surface area contributed by atoms with E-state index in [4.69, 9.17) is 17.3 Å². The van der Waals surface area contributed by atoms with Gasteiger partial charge in [0.2, 0.25) is 5.95 Å². The fourth-order valence-electron chi connectivity index (χ4n) is 3.69. The van der Waals surface area contributed by atoms with Gasteiger partial charge in [-0.3, -0.25) is 4.79 Å². The topological polar surface area (TPSA) is 84.1 Å². The molecule has 1 amide bonds. The molecule has 1 saturated heterocycles. The van der Waals surface area contributed by atoms with Crippen LogP contribution < -0.4 is 11.1 Å². The van der Waals surface area contributed by atoms with Gasteiger partial charge in [-0.1, -0.05) is 46.3 Å². The number of likely N-dealkylation sites (tertiary alicyclic amines) is 1. The number of nitrogens with one attached hydrogen (secondary N) is 1. The third-order valence-corrected chi connectivity index (χ3v) is 7.43. The van der Waals surface area contributed by atoms with Crippen molar-refractivity contribution in [2.45, 2.75) is 23.7 Å². The van der Waals surface area contributed by atoms with Crippen LogP contribution in [0.1, 0.15) is 34.5 Å². The Hall–Kier alpha value is -1.49. The average molecular weight is 556 g/mol. The first-order chi connectivity index (χ1) is 14.5. The number of nitrogens with zero attached hydrogens (tertiary/aromatic N) is 3. The summed E-state index contributed by atoms with van der Waals surface area (Å²) in [5, 5.41) is 4.43. The summed E-state index contributed by atoms with van der Waals surface area (Å²) >= 11 is 10.1. The fraction of sp³-hybridized carbons (Fsp3) is 0.381. The molecule has 6 nitrogen and oxygen atoms in total. The minimum Gasteiger partial charge on any atom is -0.368 e. The highest BCUT2D eigenvalue weighted by molar-refractivity contribution is 14.1. The van der Waals surface area contributed by atoms with E-state index in [1.807, 2.05) is 24.3 Å². The first-order valence-electron chi connectivity index (χ1n) is 9.97. The van der Waals surface area contributed by atoms with E-state index in [1.165, 1.54) is 37.3 Å². The monoisotopic (exact) mass is 555 g/mol.